The molecular formula is C31H32Cl2N4O5. The number of carboxylic acid groups (broad SMARTS) is 1. The van der Waals surface area contributed by atoms with Crippen LogP contribution in [0.1, 0.15) is 65.9 Å². The number of rotatable bonds is 11. The topological polar surface area (TPSA) is 125 Å². The largest absolute Gasteiger partial charge is 0.481 e. The maximum absolute atomic E-state index is 12.4. The molecule has 3 aromatic rings. The molecule has 1 aliphatic rings. The van der Waals surface area contributed by atoms with Crippen molar-refractivity contribution >= 4 is 52.3 Å². The Bertz CT molecular complexity index is 1420. The molecule has 0 radical (unpaired) electrons. The summed E-state index contributed by atoms with van der Waals surface area (Å²) < 4.78 is 0. The molecule has 0 heterocycles. The zero-order chi connectivity index (χ0) is 30.1. The summed E-state index contributed by atoms with van der Waals surface area (Å²) in [7, 11) is 0. The third-order valence-corrected chi connectivity index (χ3v) is 7.59. The van der Waals surface area contributed by atoms with Crippen LogP contribution >= 0.6 is 23.2 Å². The predicted octanol–water partition coefficient (Wildman–Crippen LogP) is 7.26. The fourth-order valence-corrected chi connectivity index (χ4v) is 5.59. The first-order valence-corrected chi connectivity index (χ1v) is 14.6. The highest BCUT2D eigenvalue weighted by Gasteiger charge is 2.22. The molecule has 9 nitrogen and oxygen atoms in total. The molecule has 42 heavy (non-hydrogen) atoms. The van der Waals surface area contributed by atoms with Crippen molar-refractivity contribution in [3.8, 4) is 0 Å². The normalized spacial score (nSPS) is 13.9. The Morgan fingerprint density at radius 1 is 0.976 bits per heavy atom. The van der Waals surface area contributed by atoms with Gasteiger partial charge in [-0.1, -0.05) is 66.7 Å². The van der Waals surface area contributed by atoms with Gasteiger partial charge in [-0.2, -0.15) is 0 Å². The van der Waals surface area contributed by atoms with Crippen molar-refractivity contribution in [2.75, 3.05) is 18.0 Å². The summed E-state index contributed by atoms with van der Waals surface area (Å²) in [6, 6.07) is 19.6. The van der Waals surface area contributed by atoms with Crippen molar-refractivity contribution in [1.82, 2.24) is 5.32 Å². The number of nitrogens with one attached hydrogen (secondary N) is 1. The highest BCUT2D eigenvalue weighted by Crippen LogP contribution is 2.34. The maximum Gasteiger partial charge on any atom is 0.305 e. The lowest BCUT2D eigenvalue weighted by Crippen LogP contribution is -2.35. The molecule has 3 aromatic carbocycles. The summed E-state index contributed by atoms with van der Waals surface area (Å²) in [5.74, 6) is -0.675. The predicted molar refractivity (Wildman–Crippen MR) is 165 cm³/mol. The summed E-state index contributed by atoms with van der Waals surface area (Å²) in [5, 5.41) is 23.9. The molecule has 1 amide bonds. The minimum absolute atomic E-state index is 0.0226. The first-order chi connectivity index (χ1) is 20.2. The smallest absolute Gasteiger partial charge is 0.305 e. The minimum atomic E-state index is -0.996. The number of amidine groups is 1. The quantitative estimate of drug-likeness (QED) is 0.102. The Hall–Kier alpha value is -3.95. The van der Waals surface area contributed by atoms with Crippen molar-refractivity contribution in [3.63, 3.8) is 0 Å². The van der Waals surface area contributed by atoms with E-state index >= 15 is 0 Å². The van der Waals surface area contributed by atoms with Crippen molar-refractivity contribution in [2.45, 2.75) is 51.0 Å². The van der Waals surface area contributed by atoms with Gasteiger partial charge >= 0.3 is 5.97 Å². The molecule has 0 unspecified atom stereocenters. The number of carboxylic acids is 1. The second-order valence-electron chi connectivity index (χ2n) is 10.3. The van der Waals surface area contributed by atoms with E-state index in [1.807, 2.05) is 12.1 Å². The number of anilines is 1. The van der Waals surface area contributed by atoms with Crippen LogP contribution in [0.4, 0.5) is 11.4 Å². The van der Waals surface area contributed by atoms with Crippen LogP contribution in [-0.2, 0) is 11.3 Å². The molecule has 0 saturated heterocycles. The molecular weight excluding hydrogens is 579 g/mol. The Balaban J connectivity index is 1.66. The Kier molecular flexibility index (Phi) is 10.9. The number of hydrogen-bond acceptors (Lipinski definition) is 5. The number of carbonyl (C=O) groups excluding carboxylic acids is 1. The third kappa shape index (κ3) is 9.03. The second-order valence-corrected chi connectivity index (χ2v) is 11.1. The molecule has 0 aromatic heterocycles. The van der Waals surface area contributed by atoms with E-state index in [9.17, 15) is 19.7 Å². The Morgan fingerprint density at radius 3 is 2.21 bits per heavy atom. The van der Waals surface area contributed by atoms with Gasteiger partial charge in [-0.05, 0) is 72.4 Å². The monoisotopic (exact) mass is 610 g/mol. The van der Waals surface area contributed by atoms with Gasteiger partial charge in [-0.3, -0.25) is 19.7 Å². The SMILES string of the molecule is O=C(O)CCNC(=O)c1ccc(CN(C(C[N+](=O)[O-])=Nc2cc(Cl)cc(Cl)c2)c2ccc(C3CCCCC3)cc2)cc1. The molecule has 0 bridgehead atoms. The van der Waals surface area contributed by atoms with Gasteiger partial charge in [0.05, 0.1) is 12.1 Å². The van der Waals surface area contributed by atoms with Gasteiger partial charge in [0.25, 0.3) is 12.5 Å². The number of benzene rings is 3. The minimum Gasteiger partial charge on any atom is -0.481 e. The average molecular weight is 612 g/mol. The Labute approximate surface area is 254 Å². The first-order valence-electron chi connectivity index (χ1n) is 13.8. The molecule has 4 rings (SSSR count). The summed E-state index contributed by atoms with van der Waals surface area (Å²) in [6.45, 7) is -0.280. The summed E-state index contributed by atoms with van der Waals surface area (Å²) in [4.78, 5) is 40.9. The first kappa shape index (κ1) is 31.0. The molecule has 1 aliphatic carbocycles. The van der Waals surface area contributed by atoms with Gasteiger partial charge in [0.2, 0.25) is 0 Å². The van der Waals surface area contributed by atoms with Gasteiger partial charge in [0.1, 0.15) is 0 Å². The lowest BCUT2D eigenvalue weighted by molar-refractivity contribution is -0.463. The van der Waals surface area contributed by atoms with E-state index in [1.165, 1.54) is 24.8 Å². The lowest BCUT2D eigenvalue weighted by Gasteiger charge is -2.26. The third-order valence-electron chi connectivity index (χ3n) is 7.15. The number of hydrogen-bond donors (Lipinski definition) is 2. The van der Waals surface area contributed by atoms with Crippen LogP contribution in [0.5, 0.6) is 0 Å². The van der Waals surface area contributed by atoms with E-state index < -0.39 is 17.4 Å². The zero-order valence-corrected chi connectivity index (χ0v) is 24.5. The fourth-order valence-electron chi connectivity index (χ4n) is 5.07. The molecule has 1 saturated carbocycles. The number of amides is 1. The van der Waals surface area contributed by atoms with Crippen molar-refractivity contribution in [3.05, 3.63) is 104 Å². The van der Waals surface area contributed by atoms with Gasteiger partial charge in [-0.15, -0.1) is 0 Å². The van der Waals surface area contributed by atoms with Crippen LogP contribution in [0.25, 0.3) is 0 Å². The van der Waals surface area contributed by atoms with Gasteiger partial charge in [0.15, 0.2) is 5.84 Å². The van der Waals surface area contributed by atoms with Crippen molar-refractivity contribution in [1.29, 1.82) is 0 Å². The van der Waals surface area contributed by atoms with E-state index in [0.717, 1.165) is 24.1 Å². The molecule has 11 heteroatoms. The van der Waals surface area contributed by atoms with E-state index in [4.69, 9.17) is 28.3 Å². The van der Waals surface area contributed by atoms with Gasteiger partial charge in [0, 0.05) is 39.3 Å². The summed E-state index contributed by atoms with van der Waals surface area (Å²) in [6.07, 6.45) is 5.84. The standard InChI is InChI=1S/C31H32Cl2N4O5/c32-25-16-26(33)18-27(17-25)35-29(20-37(41)42)36(28-12-10-23(11-13-28)22-4-2-1-3-5-22)19-21-6-8-24(9-7-21)31(40)34-15-14-30(38)39/h6-13,16-18,22H,1-5,14-15,19-20H2,(H,34,40)(H,38,39). The molecule has 1 fully saturated rings. The van der Waals surface area contributed by atoms with E-state index in [1.54, 1.807) is 47.4 Å². The summed E-state index contributed by atoms with van der Waals surface area (Å²) in [5.41, 5.74) is 3.54. The maximum atomic E-state index is 12.4. The van der Waals surface area contributed by atoms with E-state index in [-0.39, 0.29) is 31.3 Å². The summed E-state index contributed by atoms with van der Waals surface area (Å²) >= 11 is 12.4. The number of aliphatic carboxylic acids is 1. The Morgan fingerprint density at radius 2 is 1.62 bits per heavy atom. The average Bonchev–Trinajstić information content (AvgIpc) is 2.95. The molecule has 220 valence electrons. The van der Waals surface area contributed by atoms with Crippen LogP contribution in [0.3, 0.4) is 0 Å². The molecule has 0 atom stereocenters. The van der Waals surface area contributed by atoms with Crippen molar-refractivity contribution < 1.29 is 19.6 Å². The van der Waals surface area contributed by atoms with Crippen molar-refractivity contribution in [2.24, 2.45) is 4.99 Å². The van der Waals surface area contributed by atoms with Gasteiger partial charge < -0.3 is 15.3 Å². The number of halogens is 2. The molecule has 0 spiro atoms. The number of nitrogens with zero attached hydrogens (tertiary/aromatic N) is 3. The van der Waals surface area contributed by atoms with Crippen LogP contribution < -0.4 is 10.2 Å². The van der Waals surface area contributed by atoms with E-state index in [2.05, 4.69) is 22.4 Å². The van der Waals surface area contributed by atoms with Crippen LogP contribution in [0.15, 0.2) is 71.7 Å². The zero-order valence-electron chi connectivity index (χ0n) is 23.0. The van der Waals surface area contributed by atoms with Crippen LogP contribution in [0.2, 0.25) is 10.0 Å². The fraction of sp³-hybridized carbons (Fsp3) is 0.323. The van der Waals surface area contributed by atoms with Crippen LogP contribution in [0, 0.1) is 10.1 Å². The number of carbonyl (C=O) groups is 2. The molecule has 2 N–H and O–H groups in total. The van der Waals surface area contributed by atoms with Gasteiger partial charge in [-0.25, -0.2) is 4.99 Å². The van der Waals surface area contributed by atoms with E-state index in [0.29, 0.717) is 27.2 Å². The van der Waals surface area contributed by atoms with Crippen LogP contribution in [-0.4, -0.2) is 40.8 Å². The second kappa shape index (κ2) is 14.8. The molecule has 0 aliphatic heterocycles. The lowest BCUT2D eigenvalue weighted by atomic mass is 9.84. The highest BCUT2D eigenvalue weighted by molar-refractivity contribution is 6.35. The highest BCUT2D eigenvalue weighted by atomic mass is 35.5. The number of nitro groups is 1. The number of aliphatic imine (C=N–C) groups is 1.